The molecule has 0 saturated heterocycles. The molecule has 5 nitrogen and oxygen atoms in total. The fourth-order valence-electron chi connectivity index (χ4n) is 1.65. The number of carbonyl (C=O) groups excluding carboxylic acids is 1. The number of rotatable bonds is 3. The van der Waals surface area contributed by atoms with E-state index >= 15 is 0 Å². The van der Waals surface area contributed by atoms with Crippen molar-refractivity contribution in [2.24, 2.45) is 0 Å². The summed E-state index contributed by atoms with van der Waals surface area (Å²) in [5.74, 6) is 0.0999. The molecule has 0 radical (unpaired) electrons. The maximum Gasteiger partial charge on any atom is 0.261 e. The number of hydrogen-bond acceptors (Lipinski definition) is 5. The molecule has 0 spiro atoms. The number of nitrogens with one attached hydrogen (secondary N) is 1. The van der Waals surface area contributed by atoms with Gasteiger partial charge < -0.3 is 10.5 Å². The Hall–Kier alpha value is -2.08. The molecule has 2 aromatic rings. The number of carbonyl (C=O) groups is 1. The van der Waals surface area contributed by atoms with Crippen molar-refractivity contribution in [1.82, 2.24) is 4.98 Å². The first-order valence-corrected chi connectivity index (χ1v) is 6.52. The Morgan fingerprint density at radius 2 is 2.16 bits per heavy atom. The number of aromatic nitrogens is 1. The third-order valence-electron chi connectivity index (χ3n) is 2.74. The molecule has 0 atom stereocenters. The summed E-state index contributed by atoms with van der Waals surface area (Å²) in [7, 11) is 1.49. The van der Waals surface area contributed by atoms with Crippen LogP contribution in [0.15, 0.2) is 18.2 Å². The van der Waals surface area contributed by atoms with E-state index in [-0.39, 0.29) is 5.91 Å². The average Bonchev–Trinajstić information content (AvgIpc) is 2.67. The van der Waals surface area contributed by atoms with E-state index in [4.69, 9.17) is 10.5 Å². The fraction of sp³-hybridized carbons (Fsp3) is 0.231. The number of anilines is 2. The lowest BCUT2D eigenvalue weighted by atomic mass is 10.1. The molecule has 0 unspecified atom stereocenters. The highest BCUT2D eigenvalue weighted by molar-refractivity contribution is 7.15. The quantitative estimate of drug-likeness (QED) is 0.845. The molecule has 3 N–H and O–H groups in total. The second-order valence-corrected chi connectivity index (χ2v) is 5.25. The number of nitrogens with two attached hydrogens (primary N) is 1. The van der Waals surface area contributed by atoms with Gasteiger partial charge in [0, 0.05) is 4.88 Å². The number of ether oxygens (including phenoxy) is 1. The number of methoxy groups -OCH3 is 1. The zero-order valence-corrected chi connectivity index (χ0v) is 11.8. The molecule has 19 heavy (non-hydrogen) atoms. The van der Waals surface area contributed by atoms with E-state index in [1.807, 2.05) is 13.8 Å². The first-order chi connectivity index (χ1) is 9.02. The molecule has 1 aromatic heterocycles. The zero-order chi connectivity index (χ0) is 14.0. The van der Waals surface area contributed by atoms with Crippen LogP contribution in [-0.2, 0) is 0 Å². The number of amides is 1. The highest BCUT2D eigenvalue weighted by Crippen LogP contribution is 2.27. The smallest absolute Gasteiger partial charge is 0.261 e. The Bertz CT molecular complexity index is 603. The Balaban J connectivity index is 2.27. The summed E-state index contributed by atoms with van der Waals surface area (Å²) in [5.41, 5.74) is 7.52. The van der Waals surface area contributed by atoms with Gasteiger partial charge in [0.2, 0.25) is 0 Å². The normalized spacial score (nSPS) is 10.3. The van der Waals surface area contributed by atoms with Gasteiger partial charge in [-0.15, -0.1) is 11.3 Å². The minimum atomic E-state index is -0.280. The number of para-hydroxylation sites is 1. The van der Waals surface area contributed by atoms with Gasteiger partial charge in [0.05, 0.1) is 24.1 Å². The van der Waals surface area contributed by atoms with Crippen molar-refractivity contribution < 1.29 is 9.53 Å². The standard InChI is InChI=1S/C13H15N3O2S/c1-7-8(2)19-13(15-7)16-12(17)9-5-4-6-10(14)11(9)18-3/h4-6H,14H2,1-3H3,(H,15,16,17). The van der Waals surface area contributed by atoms with Gasteiger partial charge in [-0.3, -0.25) is 10.1 Å². The highest BCUT2D eigenvalue weighted by atomic mass is 32.1. The van der Waals surface area contributed by atoms with E-state index in [2.05, 4.69) is 10.3 Å². The van der Waals surface area contributed by atoms with Gasteiger partial charge >= 0.3 is 0 Å². The molecule has 6 heteroatoms. The monoisotopic (exact) mass is 277 g/mol. The summed E-state index contributed by atoms with van der Waals surface area (Å²) in [6, 6.07) is 5.07. The molecule has 0 aliphatic carbocycles. The van der Waals surface area contributed by atoms with E-state index in [0.29, 0.717) is 22.1 Å². The summed E-state index contributed by atoms with van der Waals surface area (Å²) in [4.78, 5) is 17.5. The lowest BCUT2D eigenvalue weighted by Crippen LogP contribution is -2.13. The molecular formula is C13H15N3O2S. The second kappa shape index (κ2) is 5.27. The van der Waals surface area contributed by atoms with Crippen molar-refractivity contribution in [2.45, 2.75) is 13.8 Å². The van der Waals surface area contributed by atoms with Crippen LogP contribution >= 0.6 is 11.3 Å². The predicted molar refractivity (Wildman–Crippen MR) is 76.9 cm³/mol. The van der Waals surface area contributed by atoms with E-state index in [0.717, 1.165) is 10.6 Å². The molecule has 0 aliphatic heterocycles. The topological polar surface area (TPSA) is 77.2 Å². The summed E-state index contributed by atoms with van der Waals surface area (Å²) in [6.45, 7) is 3.87. The van der Waals surface area contributed by atoms with Crippen LogP contribution in [0, 0.1) is 13.8 Å². The maximum absolute atomic E-state index is 12.2. The first kappa shape index (κ1) is 13.4. The number of thiazole rings is 1. The average molecular weight is 277 g/mol. The van der Waals surface area contributed by atoms with Crippen molar-refractivity contribution in [3.63, 3.8) is 0 Å². The largest absolute Gasteiger partial charge is 0.494 e. The Kier molecular flexibility index (Phi) is 3.71. The molecule has 0 fully saturated rings. The molecule has 2 rings (SSSR count). The van der Waals surface area contributed by atoms with Crippen molar-refractivity contribution in [3.05, 3.63) is 34.3 Å². The highest BCUT2D eigenvalue weighted by Gasteiger charge is 2.16. The van der Waals surface area contributed by atoms with Crippen LogP contribution in [-0.4, -0.2) is 18.0 Å². The third-order valence-corrected chi connectivity index (χ3v) is 3.73. The van der Waals surface area contributed by atoms with Gasteiger partial charge in [0.25, 0.3) is 5.91 Å². The van der Waals surface area contributed by atoms with Crippen LogP contribution in [0.2, 0.25) is 0 Å². The number of hydrogen-bond donors (Lipinski definition) is 2. The van der Waals surface area contributed by atoms with Gasteiger partial charge in [-0.25, -0.2) is 4.98 Å². The van der Waals surface area contributed by atoms with Crippen LogP contribution in [0.4, 0.5) is 10.8 Å². The van der Waals surface area contributed by atoms with E-state index in [1.54, 1.807) is 18.2 Å². The zero-order valence-electron chi connectivity index (χ0n) is 11.0. The first-order valence-electron chi connectivity index (χ1n) is 5.70. The van der Waals surface area contributed by atoms with E-state index < -0.39 is 0 Å². The molecule has 1 amide bonds. The molecule has 100 valence electrons. The van der Waals surface area contributed by atoms with Crippen LogP contribution in [0.25, 0.3) is 0 Å². The van der Waals surface area contributed by atoms with E-state index in [1.165, 1.54) is 18.4 Å². The molecule has 1 heterocycles. The van der Waals surface area contributed by atoms with E-state index in [9.17, 15) is 4.79 Å². The van der Waals surface area contributed by atoms with Crippen LogP contribution < -0.4 is 15.8 Å². The molecule has 0 saturated carbocycles. The Labute approximate surface area is 115 Å². The Morgan fingerprint density at radius 3 is 2.74 bits per heavy atom. The fourth-order valence-corrected chi connectivity index (χ4v) is 2.46. The second-order valence-electron chi connectivity index (χ2n) is 4.04. The van der Waals surface area contributed by atoms with Gasteiger partial charge in [0.15, 0.2) is 10.9 Å². The lowest BCUT2D eigenvalue weighted by Gasteiger charge is -2.09. The summed E-state index contributed by atoms with van der Waals surface area (Å²) >= 11 is 1.44. The molecular weight excluding hydrogens is 262 g/mol. The summed E-state index contributed by atoms with van der Waals surface area (Å²) in [5, 5.41) is 3.33. The minimum absolute atomic E-state index is 0.280. The van der Waals surface area contributed by atoms with Crippen molar-refractivity contribution in [1.29, 1.82) is 0 Å². The molecule has 1 aromatic carbocycles. The molecule has 0 bridgehead atoms. The van der Waals surface area contributed by atoms with Gasteiger partial charge in [-0.2, -0.15) is 0 Å². The number of aryl methyl sites for hydroxylation is 2. The lowest BCUT2D eigenvalue weighted by molar-refractivity contribution is 0.102. The SMILES string of the molecule is COc1c(N)cccc1C(=O)Nc1nc(C)c(C)s1. The van der Waals surface area contributed by atoms with Gasteiger partial charge in [-0.1, -0.05) is 6.07 Å². The number of benzene rings is 1. The summed E-state index contributed by atoms with van der Waals surface area (Å²) < 4.78 is 5.16. The van der Waals surface area contributed by atoms with Gasteiger partial charge in [0.1, 0.15) is 0 Å². The van der Waals surface area contributed by atoms with Crippen molar-refractivity contribution in [3.8, 4) is 5.75 Å². The third kappa shape index (κ3) is 2.68. The number of nitrogen functional groups attached to an aromatic ring is 1. The Morgan fingerprint density at radius 1 is 1.42 bits per heavy atom. The minimum Gasteiger partial charge on any atom is -0.494 e. The predicted octanol–water partition coefficient (Wildman–Crippen LogP) is 2.60. The maximum atomic E-state index is 12.2. The van der Waals surface area contributed by atoms with Crippen molar-refractivity contribution >= 4 is 28.1 Å². The molecule has 0 aliphatic rings. The van der Waals surface area contributed by atoms with Crippen LogP contribution in [0.1, 0.15) is 20.9 Å². The number of nitrogens with zero attached hydrogens (tertiary/aromatic N) is 1. The van der Waals surface area contributed by atoms with Crippen molar-refractivity contribution in [2.75, 3.05) is 18.2 Å². The van der Waals surface area contributed by atoms with Gasteiger partial charge in [-0.05, 0) is 26.0 Å². The summed E-state index contributed by atoms with van der Waals surface area (Å²) in [6.07, 6.45) is 0. The van der Waals surface area contributed by atoms with Crippen LogP contribution in [0.3, 0.4) is 0 Å². The van der Waals surface area contributed by atoms with Crippen LogP contribution in [0.5, 0.6) is 5.75 Å².